The fourth-order valence-corrected chi connectivity index (χ4v) is 10.3. The zero-order valence-electron chi connectivity index (χ0n) is 36.5. The number of anilines is 3. The maximum Gasteiger partial charge on any atom is 0.0545 e. The lowest BCUT2D eigenvalue weighted by Gasteiger charge is -2.28. The van der Waals surface area contributed by atoms with Gasteiger partial charge in [-0.2, -0.15) is 0 Å². The van der Waals surface area contributed by atoms with Crippen LogP contribution >= 0.6 is 0 Å². The van der Waals surface area contributed by atoms with Crippen molar-refractivity contribution < 1.29 is 0 Å². The van der Waals surface area contributed by atoms with Crippen LogP contribution in [0.4, 0.5) is 17.1 Å². The van der Waals surface area contributed by atoms with Gasteiger partial charge in [0.2, 0.25) is 0 Å². The number of benzene rings is 10. The molecule has 0 atom stereocenters. The van der Waals surface area contributed by atoms with Crippen molar-refractivity contribution in [2.24, 2.45) is 0 Å². The molecule has 1 aliphatic carbocycles. The lowest BCUT2D eigenvalue weighted by molar-refractivity contribution is 0.660. The number of fused-ring (bicyclic) bond motifs is 6. The molecule has 0 saturated carbocycles. The van der Waals surface area contributed by atoms with Crippen LogP contribution in [-0.2, 0) is 5.41 Å². The fourth-order valence-electron chi connectivity index (χ4n) is 10.3. The topological polar surface area (TPSA) is 19.0 Å². The molecule has 12 rings (SSSR count). The van der Waals surface area contributed by atoms with Crippen LogP contribution in [0.15, 0.2) is 237 Å². The molecular formula is C63H46N2. The van der Waals surface area contributed by atoms with Crippen molar-refractivity contribution in [3.05, 3.63) is 248 Å². The average Bonchev–Trinajstić information content (AvgIpc) is 3.88. The molecule has 0 saturated heterocycles. The molecular weight excluding hydrogens is 785 g/mol. The highest BCUT2D eigenvalue weighted by atomic mass is 15.1. The number of hydrogen-bond donors (Lipinski definition) is 1. The molecule has 0 amide bonds. The smallest absolute Gasteiger partial charge is 0.0545 e. The minimum atomic E-state index is -0.233. The fraction of sp³-hybridized carbons (Fsp3) is 0.0476. The lowest BCUT2D eigenvalue weighted by Crippen LogP contribution is -2.16. The minimum Gasteiger partial charge on any atom is -0.353 e. The Morgan fingerprint density at radius 2 is 0.785 bits per heavy atom. The molecule has 0 unspecified atom stereocenters. The van der Waals surface area contributed by atoms with Crippen LogP contribution in [0.25, 0.3) is 88.6 Å². The Labute approximate surface area is 380 Å². The summed E-state index contributed by atoms with van der Waals surface area (Å²) in [5.74, 6) is 0. The maximum absolute atomic E-state index is 3.92. The first-order valence-electron chi connectivity index (χ1n) is 22.6. The highest BCUT2D eigenvalue weighted by molar-refractivity contribution is 6.17. The Morgan fingerprint density at radius 3 is 1.37 bits per heavy atom. The molecule has 10 aromatic carbocycles. The Hall–Kier alpha value is -8.20. The number of nitrogens with zero attached hydrogens (tertiary/aromatic N) is 1. The molecule has 2 nitrogen and oxygen atoms in total. The van der Waals surface area contributed by atoms with Crippen LogP contribution < -0.4 is 4.90 Å². The van der Waals surface area contributed by atoms with Crippen molar-refractivity contribution in [3.8, 4) is 66.9 Å². The molecule has 1 heterocycles. The van der Waals surface area contributed by atoms with Crippen molar-refractivity contribution in [1.82, 2.24) is 4.98 Å². The van der Waals surface area contributed by atoms with Crippen molar-refractivity contribution >= 4 is 38.7 Å². The second-order valence-corrected chi connectivity index (χ2v) is 17.8. The summed E-state index contributed by atoms with van der Waals surface area (Å²) >= 11 is 0. The van der Waals surface area contributed by atoms with E-state index in [0.717, 1.165) is 28.3 Å². The van der Waals surface area contributed by atoms with Crippen LogP contribution in [0.1, 0.15) is 25.0 Å². The molecule has 11 aromatic rings. The first-order chi connectivity index (χ1) is 32.0. The monoisotopic (exact) mass is 830 g/mol. The first-order valence-corrected chi connectivity index (χ1v) is 22.6. The van der Waals surface area contributed by atoms with Gasteiger partial charge in [-0.15, -0.1) is 0 Å². The molecule has 65 heavy (non-hydrogen) atoms. The van der Waals surface area contributed by atoms with Crippen molar-refractivity contribution in [3.63, 3.8) is 0 Å². The summed E-state index contributed by atoms with van der Waals surface area (Å²) in [6.45, 7) is 4.78. The zero-order chi connectivity index (χ0) is 43.5. The second-order valence-electron chi connectivity index (χ2n) is 17.8. The Morgan fingerprint density at radius 1 is 0.323 bits per heavy atom. The maximum atomic E-state index is 3.92. The van der Waals surface area contributed by atoms with Gasteiger partial charge in [0.05, 0.1) is 11.2 Å². The van der Waals surface area contributed by atoms with Crippen molar-refractivity contribution in [2.45, 2.75) is 19.3 Å². The molecule has 0 aliphatic heterocycles. The van der Waals surface area contributed by atoms with E-state index in [-0.39, 0.29) is 5.41 Å². The number of rotatable bonds is 8. The molecule has 0 bridgehead atoms. The van der Waals surface area contributed by atoms with Gasteiger partial charge in [0, 0.05) is 38.8 Å². The third-order valence-electron chi connectivity index (χ3n) is 13.6. The molecule has 308 valence electrons. The standard InChI is InChI=1S/C63H46N2/c1-63(2)58-40-48(52-24-15-25-56-53(52)38-39-57-60(46-20-11-5-12-21-46)61(64-62(56)57)47-22-13-6-14-23-47)30-36-54(58)55-37-35-51(41-59(55)63)65(49-31-26-44(27-32-49)42-16-7-3-8-17-42)50-33-28-45(29-34-50)43-18-9-4-10-19-43/h3-41,64H,1-2H3. The van der Waals surface area contributed by atoms with Gasteiger partial charge >= 0.3 is 0 Å². The van der Waals surface area contributed by atoms with Gasteiger partial charge in [-0.3, -0.25) is 0 Å². The van der Waals surface area contributed by atoms with Crippen LogP contribution in [-0.4, -0.2) is 4.98 Å². The summed E-state index contributed by atoms with van der Waals surface area (Å²) in [4.78, 5) is 6.32. The second kappa shape index (κ2) is 15.6. The average molecular weight is 831 g/mol. The van der Waals surface area contributed by atoms with Crippen LogP contribution in [0, 0.1) is 0 Å². The van der Waals surface area contributed by atoms with E-state index in [2.05, 4.69) is 260 Å². The van der Waals surface area contributed by atoms with Gasteiger partial charge < -0.3 is 9.88 Å². The quantitative estimate of drug-likeness (QED) is 0.162. The Bertz CT molecular complexity index is 3430. The molecule has 1 aliphatic rings. The van der Waals surface area contributed by atoms with Gasteiger partial charge in [0.1, 0.15) is 0 Å². The van der Waals surface area contributed by atoms with E-state index in [0.29, 0.717) is 0 Å². The Balaban J connectivity index is 0.940. The number of hydrogen-bond acceptors (Lipinski definition) is 1. The van der Waals surface area contributed by atoms with Crippen LogP contribution in [0.2, 0.25) is 0 Å². The summed E-state index contributed by atoms with van der Waals surface area (Å²) in [5, 5.41) is 3.69. The number of nitrogens with one attached hydrogen (secondary N) is 1. The molecule has 1 aromatic heterocycles. The molecule has 0 spiro atoms. The van der Waals surface area contributed by atoms with E-state index in [4.69, 9.17) is 0 Å². The third kappa shape index (κ3) is 6.57. The number of aromatic nitrogens is 1. The summed E-state index contributed by atoms with van der Waals surface area (Å²) in [6, 6.07) is 86.3. The summed E-state index contributed by atoms with van der Waals surface area (Å²) in [7, 11) is 0. The van der Waals surface area contributed by atoms with E-state index in [9.17, 15) is 0 Å². The van der Waals surface area contributed by atoms with E-state index in [1.165, 1.54) is 88.5 Å². The van der Waals surface area contributed by atoms with Gasteiger partial charge in [-0.25, -0.2) is 0 Å². The van der Waals surface area contributed by atoms with E-state index in [1.807, 2.05) is 0 Å². The SMILES string of the molecule is CC1(C)c2cc(-c3cccc4c3ccc3c(-c5ccccc5)c(-c5ccccc5)[nH]c34)ccc2-c2ccc(N(c3ccc(-c4ccccc4)cc3)c3ccc(-c4ccccc4)cc3)cc21. The molecule has 0 radical (unpaired) electrons. The van der Waals surface area contributed by atoms with E-state index in [1.54, 1.807) is 0 Å². The highest BCUT2D eigenvalue weighted by Gasteiger charge is 2.36. The molecule has 0 fully saturated rings. The summed E-state index contributed by atoms with van der Waals surface area (Å²) in [5.41, 5.74) is 21.7. The van der Waals surface area contributed by atoms with Gasteiger partial charge in [-0.05, 0) is 115 Å². The van der Waals surface area contributed by atoms with E-state index >= 15 is 0 Å². The highest BCUT2D eigenvalue weighted by Crippen LogP contribution is 2.52. The normalized spacial score (nSPS) is 12.6. The predicted molar refractivity (Wildman–Crippen MR) is 275 cm³/mol. The first kappa shape index (κ1) is 38.5. The number of H-pyrrole nitrogens is 1. The van der Waals surface area contributed by atoms with E-state index < -0.39 is 0 Å². The Kier molecular flexibility index (Phi) is 9.21. The summed E-state index contributed by atoms with van der Waals surface area (Å²) < 4.78 is 0. The molecule has 2 heteroatoms. The lowest BCUT2D eigenvalue weighted by atomic mass is 9.81. The number of aromatic amines is 1. The van der Waals surface area contributed by atoms with Gasteiger partial charge in [0.15, 0.2) is 0 Å². The van der Waals surface area contributed by atoms with Crippen LogP contribution in [0.5, 0.6) is 0 Å². The largest absolute Gasteiger partial charge is 0.353 e. The van der Waals surface area contributed by atoms with Crippen LogP contribution in [0.3, 0.4) is 0 Å². The minimum absolute atomic E-state index is 0.233. The third-order valence-corrected chi connectivity index (χ3v) is 13.6. The van der Waals surface area contributed by atoms with Gasteiger partial charge in [-0.1, -0.05) is 208 Å². The van der Waals surface area contributed by atoms with Gasteiger partial charge in [0.25, 0.3) is 0 Å². The summed E-state index contributed by atoms with van der Waals surface area (Å²) in [6.07, 6.45) is 0. The van der Waals surface area contributed by atoms with Crippen molar-refractivity contribution in [2.75, 3.05) is 4.90 Å². The van der Waals surface area contributed by atoms with Crippen molar-refractivity contribution in [1.29, 1.82) is 0 Å². The predicted octanol–water partition coefficient (Wildman–Crippen LogP) is 17.4. The zero-order valence-corrected chi connectivity index (χ0v) is 36.5. The molecule has 1 N–H and O–H groups in total.